The minimum atomic E-state index is -0.825. The Hall–Kier alpha value is -2.60. The number of benzene rings is 1. The summed E-state index contributed by atoms with van der Waals surface area (Å²) in [4.78, 5) is 21.5. The maximum absolute atomic E-state index is 12.1. The van der Waals surface area contributed by atoms with E-state index < -0.39 is 11.6 Å². The number of nitrogens with one attached hydrogen (secondary N) is 1. The van der Waals surface area contributed by atoms with Gasteiger partial charge in [0.25, 0.3) is 0 Å². The van der Waals surface area contributed by atoms with Crippen LogP contribution in [-0.2, 0) is 22.6 Å². The third-order valence-electron chi connectivity index (χ3n) is 4.71. The fraction of sp³-hybridized carbons (Fsp3) is 0.429. The molecule has 1 atom stereocenters. The number of aryl methyl sites for hydroxylation is 1. The van der Waals surface area contributed by atoms with Crippen molar-refractivity contribution in [2.75, 3.05) is 6.54 Å². The molecule has 6 heteroatoms. The summed E-state index contributed by atoms with van der Waals surface area (Å²) in [7, 11) is 0. The Morgan fingerprint density at radius 3 is 2.67 bits per heavy atom. The molecule has 2 N–H and O–H groups in total. The van der Waals surface area contributed by atoms with E-state index in [2.05, 4.69) is 22.1 Å². The molecule has 27 heavy (non-hydrogen) atoms. The predicted octanol–water partition coefficient (Wildman–Crippen LogP) is 3.62. The summed E-state index contributed by atoms with van der Waals surface area (Å²) < 4.78 is 5.47. The van der Waals surface area contributed by atoms with Gasteiger partial charge in [-0.1, -0.05) is 30.3 Å². The fourth-order valence-electron chi connectivity index (χ4n) is 3.03. The maximum atomic E-state index is 12.1. The van der Waals surface area contributed by atoms with Gasteiger partial charge in [0, 0.05) is 17.8 Å². The van der Waals surface area contributed by atoms with E-state index in [9.17, 15) is 9.90 Å². The summed E-state index contributed by atoms with van der Waals surface area (Å²) >= 11 is 0. The molecule has 0 amide bonds. The van der Waals surface area contributed by atoms with E-state index in [1.807, 2.05) is 45.9 Å². The highest BCUT2D eigenvalue weighted by Gasteiger charge is 2.30. The van der Waals surface area contributed by atoms with Crippen LogP contribution in [0, 0.1) is 12.3 Å². The van der Waals surface area contributed by atoms with Crippen LogP contribution in [0.25, 0.3) is 0 Å². The number of rotatable bonds is 5. The van der Waals surface area contributed by atoms with Gasteiger partial charge < -0.3 is 19.7 Å². The number of aliphatic hydroxyl groups is 1. The second-order valence-corrected chi connectivity index (χ2v) is 7.91. The second kappa shape index (κ2) is 7.56. The Kier molecular flexibility index (Phi) is 5.37. The second-order valence-electron chi connectivity index (χ2n) is 7.91. The quantitative estimate of drug-likeness (QED) is 0.789. The number of aliphatic hydroxyl groups excluding tert-OH is 1. The number of ether oxygens (including phenoxy) is 1. The van der Waals surface area contributed by atoms with Crippen LogP contribution in [0.1, 0.15) is 49.4 Å². The van der Waals surface area contributed by atoms with Gasteiger partial charge >= 0.3 is 5.97 Å². The predicted molar refractivity (Wildman–Crippen MR) is 105 cm³/mol. The first kappa shape index (κ1) is 19.2. The molecular formula is C21H27N3O3. The summed E-state index contributed by atoms with van der Waals surface area (Å²) in [5.41, 5.74) is 2.96. The Bertz CT molecular complexity index is 834. The number of nitrogens with zero attached hydrogens (tertiary/aromatic N) is 2. The molecule has 1 aromatic carbocycles. The molecule has 3 rings (SSSR count). The average Bonchev–Trinajstić information content (AvgIpc) is 2.95. The number of fused-ring (bicyclic) bond motifs is 1. The molecule has 2 heterocycles. The first-order valence-electron chi connectivity index (χ1n) is 9.18. The van der Waals surface area contributed by atoms with Gasteiger partial charge in [-0.2, -0.15) is 0 Å². The van der Waals surface area contributed by atoms with Crippen LogP contribution in [-0.4, -0.2) is 33.8 Å². The van der Waals surface area contributed by atoms with Crippen molar-refractivity contribution >= 4 is 18.1 Å². The van der Waals surface area contributed by atoms with Gasteiger partial charge in [-0.25, -0.2) is 4.99 Å². The lowest BCUT2D eigenvalue weighted by Crippen LogP contribution is -2.32. The Balaban J connectivity index is 1.73. The molecule has 0 radical (unpaired) electrons. The van der Waals surface area contributed by atoms with E-state index in [0.29, 0.717) is 17.9 Å². The highest BCUT2D eigenvalue weighted by molar-refractivity contribution is 5.75. The lowest BCUT2D eigenvalue weighted by atomic mass is 9.97. The molecule has 1 aliphatic heterocycles. The van der Waals surface area contributed by atoms with Crippen LogP contribution >= 0.6 is 0 Å². The van der Waals surface area contributed by atoms with E-state index in [1.54, 1.807) is 11.2 Å². The van der Waals surface area contributed by atoms with Crippen molar-refractivity contribution in [1.29, 1.82) is 0 Å². The summed E-state index contributed by atoms with van der Waals surface area (Å²) in [6.45, 7) is 8.11. The Morgan fingerprint density at radius 1 is 1.30 bits per heavy atom. The zero-order valence-electron chi connectivity index (χ0n) is 16.3. The van der Waals surface area contributed by atoms with E-state index >= 15 is 0 Å². The molecule has 0 spiro atoms. The van der Waals surface area contributed by atoms with Crippen LogP contribution in [0.15, 0.2) is 35.3 Å². The van der Waals surface area contributed by atoms with Crippen molar-refractivity contribution in [3.8, 4) is 0 Å². The monoisotopic (exact) mass is 369 g/mol. The Labute approximate surface area is 159 Å². The van der Waals surface area contributed by atoms with Gasteiger partial charge in [-0.3, -0.25) is 4.79 Å². The van der Waals surface area contributed by atoms with Gasteiger partial charge in [0.1, 0.15) is 12.4 Å². The van der Waals surface area contributed by atoms with Crippen molar-refractivity contribution in [3.63, 3.8) is 0 Å². The van der Waals surface area contributed by atoms with E-state index in [0.717, 1.165) is 17.7 Å². The molecule has 0 saturated carbocycles. The molecule has 0 bridgehead atoms. The molecule has 6 nitrogen and oxygen atoms in total. The number of carbonyl (C=O) groups is 1. The van der Waals surface area contributed by atoms with Gasteiger partial charge in [-0.05, 0) is 39.7 Å². The minimum absolute atomic E-state index is 0.118. The van der Waals surface area contributed by atoms with Crippen molar-refractivity contribution < 1.29 is 14.6 Å². The summed E-state index contributed by atoms with van der Waals surface area (Å²) in [5, 5.41) is 10.9. The molecule has 1 unspecified atom stereocenters. The van der Waals surface area contributed by atoms with Crippen molar-refractivity contribution in [2.24, 2.45) is 10.4 Å². The maximum Gasteiger partial charge on any atom is 0.311 e. The molecule has 0 saturated heterocycles. The molecule has 1 aliphatic rings. The zero-order valence-corrected chi connectivity index (χ0v) is 16.3. The largest absolute Gasteiger partial charge is 0.460 e. The summed E-state index contributed by atoms with van der Waals surface area (Å²) in [5.74, 6) is 0.351. The number of hydrogen-bond acceptors (Lipinski definition) is 5. The van der Waals surface area contributed by atoms with Gasteiger partial charge in [-0.15, -0.1) is 0 Å². The third-order valence-corrected chi connectivity index (χ3v) is 4.71. The van der Waals surface area contributed by atoms with Crippen molar-refractivity contribution in [1.82, 2.24) is 9.88 Å². The first-order valence-corrected chi connectivity index (χ1v) is 9.18. The lowest BCUT2D eigenvalue weighted by molar-refractivity contribution is -0.154. The minimum Gasteiger partial charge on any atom is -0.460 e. The number of hydrogen-bond donors (Lipinski definition) is 2. The van der Waals surface area contributed by atoms with Crippen molar-refractivity contribution in [3.05, 3.63) is 52.7 Å². The SMILES string of the molecule is Cc1[nH]c2c(c1COC(=O)C(C)(C)C)C(O)N(CCc1ccccc1)C=N2. The van der Waals surface area contributed by atoms with E-state index in [1.165, 1.54) is 5.56 Å². The summed E-state index contributed by atoms with van der Waals surface area (Å²) in [6, 6.07) is 10.1. The van der Waals surface area contributed by atoms with E-state index in [4.69, 9.17) is 4.74 Å². The van der Waals surface area contributed by atoms with Crippen LogP contribution < -0.4 is 0 Å². The number of aromatic nitrogens is 1. The standard InChI is InChI=1S/C21H27N3O3/c1-14-16(12-27-20(26)21(2,3)4)17-18(23-14)22-13-24(19(17)25)11-10-15-8-6-5-7-9-15/h5-9,13,19,23,25H,10-12H2,1-4H3. The zero-order chi connectivity index (χ0) is 19.6. The first-order chi connectivity index (χ1) is 12.8. The van der Waals surface area contributed by atoms with Crippen LogP contribution in [0.4, 0.5) is 5.82 Å². The molecule has 144 valence electrons. The fourth-order valence-corrected chi connectivity index (χ4v) is 3.03. The van der Waals surface area contributed by atoms with Crippen LogP contribution in [0.5, 0.6) is 0 Å². The average molecular weight is 369 g/mol. The molecular weight excluding hydrogens is 342 g/mol. The van der Waals surface area contributed by atoms with Gasteiger partial charge in [0.15, 0.2) is 6.23 Å². The molecule has 0 aliphatic carbocycles. The van der Waals surface area contributed by atoms with E-state index in [-0.39, 0.29) is 12.6 Å². The number of carbonyl (C=O) groups excluding carboxylic acids is 1. The lowest BCUT2D eigenvalue weighted by Gasteiger charge is -2.29. The Morgan fingerprint density at radius 2 is 2.00 bits per heavy atom. The highest BCUT2D eigenvalue weighted by atomic mass is 16.5. The molecule has 1 aromatic heterocycles. The van der Waals surface area contributed by atoms with Gasteiger partial charge in [0.05, 0.1) is 17.3 Å². The normalized spacial score (nSPS) is 16.3. The highest BCUT2D eigenvalue weighted by Crippen LogP contribution is 2.36. The number of H-pyrrole nitrogens is 1. The third kappa shape index (κ3) is 4.22. The van der Waals surface area contributed by atoms with Gasteiger partial charge in [0.2, 0.25) is 0 Å². The summed E-state index contributed by atoms with van der Waals surface area (Å²) in [6.07, 6.45) is 1.64. The smallest absolute Gasteiger partial charge is 0.311 e. The molecule has 0 fully saturated rings. The number of esters is 1. The number of aromatic amines is 1. The molecule has 2 aromatic rings. The number of aliphatic imine (C=N–C) groups is 1. The van der Waals surface area contributed by atoms with Crippen molar-refractivity contribution in [2.45, 2.75) is 47.0 Å². The van der Waals surface area contributed by atoms with Crippen LogP contribution in [0.3, 0.4) is 0 Å². The van der Waals surface area contributed by atoms with Crippen LogP contribution in [0.2, 0.25) is 0 Å². The topological polar surface area (TPSA) is 77.9 Å².